The Morgan fingerprint density at radius 1 is 1.32 bits per heavy atom. The summed E-state index contributed by atoms with van der Waals surface area (Å²) in [4.78, 5) is 19.3. The van der Waals surface area contributed by atoms with E-state index in [1.165, 1.54) is 4.88 Å². The molecular weight excluding hydrogens is 444 g/mol. The van der Waals surface area contributed by atoms with Crippen LogP contribution in [0.5, 0.6) is 5.75 Å². The number of benzene rings is 1. The minimum atomic E-state index is -0.103. The fraction of sp³-hybridized carbons (Fsp3) is 0.357. The van der Waals surface area contributed by atoms with Crippen LogP contribution in [0.4, 0.5) is 5.00 Å². The van der Waals surface area contributed by atoms with Gasteiger partial charge < -0.3 is 14.5 Å². The third kappa shape index (κ3) is 5.60. The van der Waals surface area contributed by atoms with Gasteiger partial charge >= 0.3 is 0 Å². The highest BCUT2D eigenvalue weighted by molar-refractivity contribution is 7.16. The summed E-state index contributed by atoms with van der Waals surface area (Å²) in [5.74, 6) is 4.38. The van der Waals surface area contributed by atoms with E-state index in [9.17, 15) is 4.79 Å². The molecule has 1 N–H and O–H groups in total. The molecule has 3 aromatic rings. The van der Waals surface area contributed by atoms with Crippen molar-refractivity contribution in [1.29, 1.82) is 0 Å². The molecule has 0 saturated heterocycles. The van der Waals surface area contributed by atoms with Gasteiger partial charge in [0.25, 0.3) is 5.91 Å². The first kappa shape index (κ1) is 23.8. The molecule has 0 radical (unpaired) electrons. The number of aliphatic imine (C=N–C) groups is 1. The summed E-state index contributed by atoms with van der Waals surface area (Å²) in [6.45, 7) is 7.47. The van der Waals surface area contributed by atoms with Crippen LogP contribution in [0.2, 0.25) is 0 Å². The Morgan fingerprint density at radius 2 is 2.12 bits per heavy atom. The van der Waals surface area contributed by atoms with Gasteiger partial charge in [-0.3, -0.25) is 4.79 Å². The second-order valence-corrected chi connectivity index (χ2v) is 10.7. The van der Waals surface area contributed by atoms with Crippen LogP contribution < -0.4 is 10.1 Å². The molecule has 0 bridgehead atoms. The minimum Gasteiger partial charge on any atom is -0.481 e. The van der Waals surface area contributed by atoms with Crippen molar-refractivity contribution in [3.63, 3.8) is 0 Å². The molecule has 5 nitrogen and oxygen atoms in total. The van der Waals surface area contributed by atoms with E-state index in [2.05, 4.69) is 32.0 Å². The average molecular weight is 475 g/mol. The maximum atomic E-state index is 13.3. The third-order valence-electron chi connectivity index (χ3n) is 6.23. The molecule has 34 heavy (non-hydrogen) atoms. The fourth-order valence-corrected chi connectivity index (χ4v) is 5.48. The molecule has 1 aliphatic carbocycles. The van der Waals surface area contributed by atoms with Crippen molar-refractivity contribution in [3.05, 3.63) is 70.0 Å². The van der Waals surface area contributed by atoms with Gasteiger partial charge in [0.05, 0.1) is 18.4 Å². The molecule has 6 heteroatoms. The Hall–Kier alpha value is -3.30. The van der Waals surface area contributed by atoms with Crippen LogP contribution in [0.25, 0.3) is 0 Å². The van der Waals surface area contributed by atoms with E-state index in [0.29, 0.717) is 23.8 Å². The summed E-state index contributed by atoms with van der Waals surface area (Å²) in [5, 5.41) is 3.77. The number of fused-ring (bicyclic) bond motifs is 1. The Balaban J connectivity index is 1.60. The van der Waals surface area contributed by atoms with Crippen LogP contribution >= 0.6 is 11.3 Å². The number of carbonyl (C=O) groups excluding carboxylic acids is 1. The number of terminal acetylenes is 1. The standard InChI is InChI=1S/C28H30N2O3S/c1-5-14-32-21-11-8-19(9-12-21)17-30-27-25(26(31)29-18-22-7-6-15-33-22)23-13-10-20(28(2,3)4)16-24(23)34-27/h1,6-9,11-12,15,17,20H,10,13-14,16,18H2,2-4H3,(H,29,31)/t20-/m0/s1. The summed E-state index contributed by atoms with van der Waals surface area (Å²) in [5.41, 5.74) is 3.00. The Bertz CT molecular complexity index is 1190. The molecule has 176 valence electrons. The fourth-order valence-electron chi connectivity index (χ4n) is 4.21. The summed E-state index contributed by atoms with van der Waals surface area (Å²) in [6, 6.07) is 11.3. The lowest BCUT2D eigenvalue weighted by Gasteiger charge is -2.33. The van der Waals surface area contributed by atoms with E-state index in [1.807, 2.05) is 36.4 Å². The Kier molecular flexibility index (Phi) is 7.23. The van der Waals surface area contributed by atoms with Gasteiger partial charge in [0.15, 0.2) is 0 Å². The van der Waals surface area contributed by atoms with Gasteiger partial charge in [-0.25, -0.2) is 4.99 Å². The van der Waals surface area contributed by atoms with Gasteiger partial charge in [-0.05, 0) is 78.1 Å². The lowest BCUT2D eigenvalue weighted by molar-refractivity contribution is 0.0947. The molecule has 0 fully saturated rings. The smallest absolute Gasteiger partial charge is 0.255 e. The normalized spacial score (nSPS) is 15.6. The number of carbonyl (C=O) groups is 1. The number of thiophene rings is 1. The van der Waals surface area contributed by atoms with Crippen LogP contribution in [0.1, 0.15) is 59.3 Å². The van der Waals surface area contributed by atoms with Crippen LogP contribution in [0.3, 0.4) is 0 Å². The number of hydrogen-bond donors (Lipinski definition) is 1. The highest BCUT2D eigenvalue weighted by atomic mass is 32.1. The van der Waals surface area contributed by atoms with Crippen molar-refractivity contribution in [3.8, 4) is 18.1 Å². The van der Waals surface area contributed by atoms with Crippen LogP contribution in [0.15, 0.2) is 52.1 Å². The van der Waals surface area contributed by atoms with Gasteiger partial charge in [-0.15, -0.1) is 17.8 Å². The number of amides is 1. The van der Waals surface area contributed by atoms with Gasteiger partial charge in [0.1, 0.15) is 23.1 Å². The maximum absolute atomic E-state index is 13.3. The highest BCUT2D eigenvalue weighted by Gasteiger charge is 2.33. The number of nitrogens with one attached hydrogen (secondary N) is 1. The molecular formula is C28H30N2O3S. The Morgan fingerprint density at radius 3 is 2.79 bits per heavy atom. The van der Waals surface area contributed by atoms with Gasteiger partial charge in [-0.2, -0.15) is 0 Å². The van der Waals surface area contributed by atoms with Crippen LogP contribution in [-0.2, 0) is 19.4 Å². The highest BCUT2D eigenvalue weighted by Crippen LogP contribution is 2.45. The van der Waals surface area contributed by atoms with E-state index in [4.69, 9.17) is 20.6 Å². The summed E-state index contributed by atoms with van der Waals surface area (Å²) in [7, 11) is 0. The summed E-state index contributed by atoms with van der Waals surface area (Å²) < 4.78 is 10.8. The van der Waals surface area contributed by atoms with Crippen molar-refractivity contribution in [2.24, 2.45) is 16.3 Å². The first-order chi connectivity index (χ1) is 16.3. The van der Waals surface area contributed by atoms with E-state index in [1.54, 1.807) is 23.8 Å². The first-order valence-electron chi connectivity index (χ1n) is 11.5. The maximum Gasteiger partial charge on any atom is 0.255 e. The average Bonchev–Trinajstić information content (AvgIpc) is 3.47. The molecule has 0 unspecified atom stereocenters. The zero-order chi connectivity index (χ0) is 24.1. The summed E-state index contributed by atoms with van der Waals surface area (Å²) in [6.07, 6.45) is 11.6. The summed E-state index contributed by atoms with van der Waals surface area (Å²) >= 11 is 1.64. The molecule has 1 atom stereocenters. The second-order valence-electron chi connectivity index (χ2n) is 9.57. The SMILES string of the molecule is C#CCOc1ccc(C=Nc2sc3c(c2C(=O)NCc2ccco2)CC[C@H](C(C)(C)C)C3)cc1. The molecule has 2 aromatic heterocycles. The van der Waals surface area contributed by atoms with Gasteiger partial charge in [0.2, 0.25) is 0 Å². The number of rotatable bonds is 7. The first-order valence-corrected chi connectivity index (χ1v) is 12.3. The second kappa shape index (κ2) is 10.3. The number of nitrogens with zero attached hydrogens (tertiary/aromatic N) is 1. The number of furan rings is 1. The number of hydrogen-bond acceptors (Lipinski definition) is 5. The van der Waals surface area contributed by atoms with Gasteiger partial charge in [0, 0.05) is 11.1 Å². The van der Waals surface area contributed by atoms with E-state index in [0.717, 1.165) is 41.2 Å². The predicted octanol–water partition coefficient (Wildman–Crippen LogP) is 6.18. The quantitative estimate of drug-likeness (QED) is 0.328. The zero-order valence-corrected chi connectivity index (χ0v) is 20.7. The lowest BCUT2D eigenvalue weighted by Crippen LogP contribution is -2.28. The van der Waals surface area contributed by atoms with Crippen molar-refractivity contribution in [2.75, 3.05) is 6.61 Å². The van der Waals surface area contributed by atoms with Crippen LogP contribution in [0, 0.1) is 23.7 Å². The molecule has 4 rings (SSSR count). The molecule has 0 spiro atoms. The third-order valence-corrected chi connectivity index (χ3v) is 7.40. The van der Waals surface area contributed by atoms with Crippen molar-refractivity contribution >= 4 is 28.5 Å². The zero-order valence-electron chi connectivity index (χ0n) is 19.9. The van der Waals surface area contributed by atoms with E-state index in [-0.39, 0.29) is 17.9 Å². The van der Waals surface area contributed by atoms with Gasteiger partial charge in [-0.1, -0.05) is 26.7 Å². The topological polar surface area (TPSA) is 63.8 Å². The number of ether oxygens (including phenoxy) is 1. The minimum absolute atomic E-state index is 0.103. The molecule has 1 amide bonds. The molecule has 0 saturated carbocycles. The lowest BCUT2D eigenvalue weighted by atomic mass is 9.72. The van der Waals surface area contributed by atoms with E-state index < -0.39 is 0 Å². The molecule has 0 aliphatic heterocycles. The van der Waals surface area contributed by atoms with Crippen molar-refractivity contribution < 1.29 is 13.9 Å². The largest absolute Gasteiger partial charge is 0.481 e. The molecule has 1 aromatic carbocycles. The molecule has 1 aliphatic rings. The van der Waals surface area contributed by atoms with E-state index >= 15 is 0 Å². The monoisotopic (exact) mass is 474 g/mol. The van der Waals surface area contributed by atoms with Crippen molar-refractivity contribution in [1.82, 2.24) is 5.32 Å². The van der Waals surface area contributed by atoms with Crippen molar-refractivity contribution in [2.45, 2.75) is 46.6 Å². The predicted molar refractivity (Wildman–Crippen MR) is 137 cm³/mol. The molecule has 2 heterocycles. The van der Waals surface area contributed by atoms with Crippen LogP contribution in [-0.4, -0.2) is 18.7 Å². The Labute approximate surface area is 205 Å².